The van der Waals surface area contributed by atoms with E-state index in [0.717, 1.165) is 17.7 Å². The van der Waals surface area contributed by atoms with Crippen LogP contribution in [0.15, 0.2) is 36.4 Å². The van der Waals surface area contributed by atoms with E-state index >= 15 is 0 Å². The molecule has 2 aromatic carbocycles. The van der Waals surface area contributed by atoms with Crippen LogP contribution < -0.4 is 10.6 Å². The van der Waals surface area contributed by atoms with Gasteiger partial charge in [0.15, 0.2) is 17.5 Å². The Bertz CT molecular complexity index is 633. The minimum Gasteiger partial charge on any atom is -0.381 e. The lowest BCUT2D eigenvalue weighted by Crippen LogP contribution is -2.17. The number of carbonyl (C=O) groups is 1. The second-order valence-corrected chi connectivity index (χ2v) is 4.38. The standard InChI is InChI=1S/C15H13F3N2O/c1-19-15(21)10-4-2-9(3-5-10)8-20-11-6-12(16)14(18)13(17)7-11/h2-7,20H,8H2,1H3,(H,19,21). The van der Waals surface area contributed by atoms with E-state index in [-0.39, 0.29) is 11.6 Å². The lowest BCUT2D eigenvalue weighted by atomic mass is 10.1. The van der Waals surface area contributed by atoms with E-state index in [9.17, 15) is 18.0 Å². The topological polar surface area (TPSA) is 41.1 Å². The van der Waals surface area contributed by atoms with Gasteiger partial charge >= 0.3 is 0 Å². The molecule has 1 amide bonds. The van der Waals surface area contributed by atoms with Crippen molar-refractivity contribution in [3.63, 3.8) is 0 Å². The average Bonchev–Trinajstić information content (AvgIpc) is 2.50. The SMILES string of the molecule is CNC(=O)c1ccc(CNc2cc(F)c(F)c(F)c2)cc1. The molecule has 3 nitrogen and oxygen atoms in total. The normalized spacial score (nSPS) is 10.3. The van der Waals surface area contributed by atoms with Crippen molar-refractivity contribution in [3.8, 4) is 0 Å². The van der Waals surface area contributed by atoms with Gasteiger partial charge in [0.25, 0.3) is 5.91 Å². The van der Waals surface area contributed by atoms with Crippen molar-refractivity contribution in [3.05, 3.63) is 65.0 Å². The highest BCUT2D eigenvalue weighted by Crippen LogP contribution is 2.18. The zero-order valence-corrected chi connectivity index (χ0v) is 11.2. The number of hydrogen-bond acceptors (Lipinski definition) is 2. The van der Waals surface area contributed by atoms with Gasteiger partial charge in [0.1, 0.15) is 0 Å². The maximum Gasteiger partial charge on any atom is 0.251 e. The van der Waals surface area contributed by atoms with E-state index in [1.54, 1.807) is 24.3 Å². The molecule has 0 aliphatic rings. The molecule has 0 aliphatic carbocycles. The van der Waals surface area contributed by atoms with Gasteiger partial charge in [-0.05, 0) is 17.7 Å². The quantitative estimate of drug-likeness (QED) is 0.851. The molecule has 0 atom stereocenters. The number of amides is 1. The Kier molecular flexibility index (Phi) is 4.47. The van der Waals surface area contributed by atoms with Crippen molar-refractivity contribution in [1.29, 1.82) is 0 Å². The first kappa shape index (κ1) is 14.9. The first-order chi connectivity index (χ1) is 10.0. The Morgan fingerprint density at radius 2 is 1.62 bits per heavy atom. The molecule has 2 rings (SSSR count). The van der Waals surface area contributed by atoms with Crippen LogP contribution in [0.4, 0.5) is 18.9 Å². The fraction of sp³-hybridized carbons (Fsp3) is 0.133. The van der Waals surface area contributed by atoms with Gasteiger partial charge in [0, 0.05) is 37.0 Å². The molecule has 0 fully saturated rings. The molecule has 0 saturated carbocycles. The molecule has 2 N–H and O–H groups in total. The summed E-state index contributed by atoms with van der Waals surface area (Å²) >= 11 is 0. The van der Waals surface area contributed by atoms with E-state index < -0.39 is 17.5 Å². The van der Waals surface area contributed by atoms with Crippen LogP contribution in [0.1, 0.15) is 15.9 Å². The molecule has 21 heavy (non-hydrogen) atoms. The Hall–Kier alpha value is -2.50. The van der Waals surface area contributed by atoms with E-state index in [1.807, 2.05) is 0 Å². The molecule has 0 saturated heterocycles. The van der Waals surface area contributed by atoms with E-state index in [4.69, 9.17) is 0 Å². The summed E-state index contributed by atoms with van der Waals surface area (Å²) < 4.78 is 38.9. The number of halogens is 3. The van der Waals surface area contributed by atoms with Crippen molar-refractivity contribution >= 4 is 11.6 Å². The third-order valence-electron chi connectivity index (χ3n) is 2.92. The molecular formula is C15H13F3N2O. The maximum atomic E-state index is 13.0. The molecule has 0 bridgehead atoms. The van der Waals surface area contributed by atoms with Gasteiger partial charge in [0.2, 0.25) is 0 Å². The third-order valence-corrected chi connectivity index (χ3v) is 2.92. The smallest absolute Gasteiger partial charge is 0.251 e. The highest BCUT2D eigenvalue weighted by atomic mass is 19.2. The zero-order valence-electron chi connectivity index (χ0n) is 11.2. The van der Waals surface area contributed by atoms with E-state index in [2.05, 4.69) is 10.6 Å². The number of benzene rings is 2. The number of rotatable bonds is 4. The predicted octanol–water partition coefficient (Wildman–Crippen LogP) is 3.08. The summed E-state index contributed by atoms with van der Waals surface area (Å²) in [5, 5.41) is 5.29. The zero-order chi connectivity index (χ0) is 15.4. The lowest BCUT2D eigenvalue weighted by Gasteiger charge is -2.08. The van der Waals surface area contributed by atoms with Gasteiger partial charge in [-0.25, -0.2) is 13.2 Å². The highest BCUT2D eigenvalue weighted by molar-refractivity contribution is 5.93. The Labute approximate surface area is 119 Å². The Morgan fingerprint density at radius 3 is 2.14 bits per heavy atom. The summed E-state index contributed by atoms with van der Waals surface area (Å²) in [5.41, 5.74) is 1.47. The molecular weight excluding hydrogens is 281 g/mol. The van der Waals surface area contributed by atoms with Crippen LogP contribution >= 0.6 is 0 Å². The number of anilines is 1. The van der Waals surface area contributed by atoms with Gasteiger partial charge in [-0.1, -0.05) is 12.1 Å². The predicted molar refractivity (Wildman–Crippen MR) is 73.5 cm³/mol. The summed E-state index contributed by atoms with van der Waals surface area (Å²) in [6.45, 7) is 0.290. The van der Waals surface area contributed by atoms with Crippen molar-refractivity contribution in [1.82, 2.24) is 5.32 Å². The van der Waals surface area contributed by atoms with Gasteiger partial charge in [-0.2, -0.15) is 0 Å². The van der Waals surface area contributed by atoms with Crippen molar-refractivity contribution < 1.29 is 18.0 Å². The number of carbonyl (C=O) groups excluding carboxylic acids is 1. The largest absolute Gasteiger partial charge is 0.381 e. The van der Waals surface area contributed by atoms with Crippen LogP contribution in [0.2, 0.25) is 0 Å². The van der Waals surface area contributed by atoms with Gasteiger partial charge < -0.3 is 10.6 Å². The Balaban J connectivity index is 2.05. The monoisotopic (exact) mass is 294 g/mol. The molecule has 0 radical (unpaired) electrons. The molecule has 0 heterocycles. The average molecular weight is 294 g/mol. The van der Waals surface area contributed by atoms with E-state index in [0.29, 0.717) is 12.1 Å². The van der Waals surface area contributed by atoms with Crippen LogP contribution in [0.25, 0.3) is 0 Å². The minimum absolute atomic E-state index is 0.141. The summed E-state index contributed by atoms with van der Waals surface area (Å²) in [7, 11) is 1.54. The van der Waals surface area contributed by atoms with Gasteiger partial charge in [0.05, 0.1) is 0 Å². The van der Waals surface area contributed by atoms with Crippen molar-refractivity contribution in [2.75, 3.05) is 12.4 Å². The molecule has 0 unspecified atom stereocenters. The van der Waals surface area contributed by atoms with E-state index in [1.165, 1.54) is 7.05 Å². The molecule has 0 aliphatic heterocycles. The highest BCUT2D eigenvalue weighted by Gasteiger charge is 2.10. The second kappa shape index (κ2) is 6.30. The minimum atomic E-state index is -1.49. The summed E-state index contributed by atoms with van der Waals surface area (Å²) in [5.74, 6) is -4.17. The summed E-state index contributed by atoms with van der Waals surface area (Å²) in [6.07, 6.45) is 0. The fourth-order valence-electron chi connectivity index (χ4n) is 1.78. The first-order valence-corrected chi connectivity index (χ1v) is 6.20. The molecule has 110 valence electrons. The number of hydrogen-bond donors (Lipinski definition) is 2. The number of nitrogens with one attached hydrogen (secondary N) is 2. The fourth-order valence-corrected chi connectivity index (χ4v) is 1.78. The first-order valence-electron chi connectivity index (χ1n) is 6.20. The molecule has 2 aromatic rings. The van der Waals surface area contributed by atoms with Gasteiger partial charge in [-0.3, -0.25) is 4.79 Å². The molecule has 0 aromatic heterocycles. The van der Waals surface area contributed by atoms with Crippen LogP contribution in [-0.2, 0) is 6.54 Å². The third kappa shape index (κ3) is 3.53. The second-order valence-electron chi connectivity index (χ2n) is 4.38. The van der Waals surface area contributed by atoms with Crippen molar-refractivity contribution in [2.45, 2.75) is 6.54 Å². The van der Waals surface area contributed by atoms with Crippen LogP contribution in [-0.4, -0.2) is 13.0 Å². The Morgan fingerprint density at radius 1 is 1.05 bits per heavy atom. The molecule has 6 heteroatoms. The van der Waals surface area contributed by atoms with Crippen LogP contribution in [0, 0.1) is 17.5 Å². The molecule has 0 spiro atoms. The summed E-state index contributed by atoms with van der Waals surface area (Å²) in [6, 6.07) is 8.49. The summed E-state index contributed by atoms with van der Waals surface area (Å²) in [4.78, 5) is 11.4. The van der Waals surface area contributed by atoms with Crippen molar-refractivity contribution in [2.24, 2.45) is 0 Å². The van der Waals surface area contributed by atoms with Crippen LogP contribution in [0.5, 0.6) is 0 Å². The lowest BCUT2D eigenvalue weighted by molar-refractivity contribution is 0.0963. The van der Waals surface area contributed by atoms with Gasteiger partial charge in [-0.15, -0.1) is 0 Å². The van der Waals surface area contributed by atoms with Crippen LogP contribution in [0.3, 0.4) is 0 Å². The maximum absolute atomic E-state index is 13.0.